The molecule has 1 aromatic heterocycles. The number of aromatic nitrogens is 2. The molecule has 0 unspecified atom stereocenters. The fourth-order valence-corrected chi connectivity index (χ4v) is 2.54. The molecule has 1 N–H and O–H groups in total. The third-order valence-electron chi connectivity index (χ3n) is 4.03. The third-order valence-corrected chi connectivity index (χ3v) is 4.03. The molecule has 3 aromatic rings. The SMILES string of the molecule is COc1ccc(-c2cc(/C=C/C(=O)c3cc(OC)cc(OC)c3)[nH]n2)cc1. The number of carbonyl (C=O) groups excluding carboxylic acids is 1. The summed E-state index contributed by atoms with van der Waals surface area (Å²) >= 11 is 0. The number of carbonyl (C=O) groups is 1. The minimum Gasteiger partial charge on any atom is -0.497 e. The molecule has 138 valence electrons. The van der Waals surface area contributed by atoms with Crippen LogP contribution in [0.15, 0.2) is 54.6 Å². The number of nitrogens with one attached hydrogen (secondary N) is 1. The van der Waals surface area contributed by atoms with Gasteiger partial charge in [-0.3, -0.25) is 9.89 Å². The van der Waals surface area contributed by atoms with Crippen LogP contribution in [0.1, 0.15) is 16.1 Å². The van der Waals surface area contributed by atoms with Crippen molar-refractivity contribution in [1.82, 2.24) is 10.2 Å². The predicted octanol–water partition coefficient (Wildman–Crippen LogP) is 4.00. The van der Waals surface area contributed by atoms with Crippen LogP contribution in [0.2, 0.25) is 0 Å². The Morgan fingerprint density at radius 2 is 1.52 bits per heavy atom. The zero-order valence-corrected chi connectivity index (χ0v) is 15.4. The molecule has 0 fully saturated rings. The van der Waals surface area contributed by atoms with Crippen molar-refractivity contribution >= 4 is 11.9 Å². The molecule has 0 saturated heterocycles. The molecule has 6 heteroatoms. The van der Waals surface area contributed by atoms with Crippen LogP contribution in [-0.2, 0) is 0 Å². The normalized spacial score (nSPS) is 10.8. The average molecular weight is 364 g/mol. The number of hydrogen-bond acceptors (Lipinski definition) is 5. The molecule has 0 amide bonds. The number of ether oxygens (including phenoxy) is 3. The van der Waals surface area contributed by atoms with Gasteiger partial charge in [-0.1, -0.05) is 0 Å². The Morgan fingerprint density at radius 1 is 0.889 bits per heavy atom. The minimum absolute atomic E-state index is 0.159. The average Bonchev–Trinajstić information content (AvgIpc) is 3.20. The summed E-state index contributed by atoms with van der Waals surface area (Å²) in [7, 11) is 4.72. The highest BCUT2D eigenvalue weighted by Crippen LogP contribution is 2.24. The first kappa shape index (κ1) is 18.3. The van der Waals surface area contributed by atoms with Gasteiger partial charge < -0.3 is 14.2 Å². The number of benzene rings is 2. The number of ketones is 1. The van der Waals surface area contributed by atoms with E-state index < -0.39 is 0 Å². The fraction of sp³-hybridized carbons (Fsp3) is 0.143. The fourth-order valence-electron chi connectivity index (χ4n) is 2.54. The lowest BCUT2D eigenvalue weighted by Gasteiger charge is -2.06. The van der Waals surface area contributed by atoms with E-state index in [1.807, 2.05) is 30.3 Å². The van der Waals surface area contributed by atoms with E-state index in [1.165, 1.54) is 6.08 Å². The standard InChI is InChI=1S/C21H20N2O4/c1-25-17-7-4-14(5-8-17)20-12-16(22-23-20)6-9-21(24)15-10-18(26-2)13-19(11-15)27-3/h4-13H,1-3H3,(H,22,23)/b9-6+. The van der Waals surface area contributed by atoms with Crippen molar-refractivity contribution in [2.24, 2.45) is 0 Å². The zero-order valence-electron chi connectivity index (χ0n) is 15.4. The van der Waals surface area contributed by atoms with Crippen molar-refractivity contribution in [3.8, 4) is 28.5 Å². The van der Waals surface area contributed by atoms with E-state index in [4.69, 9.17) is 14.2 Å². The number of aromatic amines is 1. The van der Waals surface area contributed by atoms with Crippen LogP contribution in [0, 0.1) is 0 Å². The maximum absolute atomic E-state index is 12.5. The van der Waals surface area contributed by atoms with E-state index in [-0.39, 0.29) is 5.78 Å². The quantitative estimate of drug-likeness (QED) is 0.507. The predicted molar refractivity (Wildman–Crippen MR) is 103 cm³/mol. The maximum atomic E-state index is 12.5. The number of nitrogens with zero attached hydrogens (tertiary/aromatic N) is 1. The van der Waals surface area contributed by atoms with Gasteiger partial charge in [0.15, 0.2) is 5.78 Å². The lowest BCUT2D eigenvalue weighted by atomic mass is 10.1. The lowest BCUT2D eigenvalue weighted by Crippen LogP contribution is -1.97. The Morgan fingerprint density at radius 3 is 2.11 bits per heavy atom. The van der Waals surface area contributed by atoms with Crippen molar-refractivity contribution in [3.05, 3.63) is 65.9 Å². The van der Waals surface area contributed by atoms with E-state index in [2.05, 4.69) is 10.2 Å². The number of H-pyrrole nitrogens is 1. The number of rotatable bonds is 7. The summed E-state index contributed by atoms with van der Waals surface area (Å²) in [4.78, 5) is 12.5. The molecule has 0 aliphatic rings. The summed E-state index contributed by atoms with van der Waals surface area (Å²) in [6.07, 6.45) is 3.17. The largest absolute Gasteiger partial charge is 0.497 e. The maximum Gasteiger partial charge on any atom is 0.186 e. The van der Waals surface area contributed by atoms with E-state index in [9.17, 15) is 4.79 Å². The summed E-state index contributed by atoms with van der Waals surface area (Å²) in [5.74, 6) is 1.75. The lowest BCUT2D eigenvalue weighted by molar-refractivity contribution is 0.104. The van der Waals surface area contributed by atoms with Crippen LogP contribution in [0.25, 0.3) is 17.3 Å². The second-order valence-corrected chi connectivity index (χ2v) is 5.74. The molecule has 0 radical (unpaired) electrons. The molecular weight excluding hydrogens is 344 g/mol. The molecule has 2 aromatic carbocycles. The zero-order chi connectivity index (χ0) is 19.2. The number of allylic oxidation sites excluding steroid dienone is 1. The number of hydrogen-bond donors (Lipinski definition) is 1. The molecule has 0 saturated carbocycles. The van der Waals surface area contributed by atoms with Gasteiger partial charge in [0.1, 0.15) is 17.2 Å². The Kier molecular flexibility index (Phi) is 5.56. The first-order chi connectivity index (χ1) is 13.1. The molecule has 0 aliphatic carbocycles. The summed E-state index contributed by atoms with van der Waals surface area (Å²) in [6, 6.07) is 14.5. The van der Waals surface area contributed by atoms with Crippen molar-refractivity contribution in [1.29, 1.82) is 0 Å². The van der Waals surface area contributed by atoms with Crippen LogP contribution < -0.4 is 14.2 Å². The summed E-state index contributed by atoms with van der Waals surface area (Å²) in [5.41, 5.74) is 2.95. The van der Waals surface area contributed by atoms with E-state index in [1.54, 1.807) is 45.6 Å². The van der Waals surface area contributed by atoms with Crippen LogP contribution >= 0.6 is 0 Å². The second-order valence-electron chi connectivity index (χ2n) is 5.74. The van der Waals surface area contributed by atoms with Crippen molar-refractivity contribution in [3.63, 3.8) is 0 Å². The highest BCUT2D eigenvalue weighted by atomic mass is 16.5. The van der Waals surface area contributed by atoms with Crippen molar-refractivity contribution < 1.29 is 19.0 Å². The van der Waals surface area contributed by atoms with Gasteiger partial charge in [0.25, 0.3) is 0 Å². The van der Waals surface area contributed by atoms with Crippen LogP contribution in [0.4, 0.5) is 0 Å². The van der Waals surface area contributed by atoms with Gasteiger partial charge in [-0.15, -0.1) is 0 Å². The Hall–Kier alpha value is -3.54. The Labute approximate surface area is 157 Å². The van der Waals surface area contributed by atoms with E-state index in [0.717, 1.165) is 22.7 Å². The van der Waals surface area contributed by atoms with Crippen LogP contribution in [0.3, 0.4) is 0 Å². The second kappa shape index (κ2) is 8.23. The monoisotopic (exact) mass is 364 g/mol. The van der Waals surface area contributed by atoms with Gasteiger partial charge in [0, 0.05) is 17.2 Å². The molecule has 0 aliphatic heterocycles. The molecule has 0 spiro atoms. The number of methoxy groups -OCH3 is 3. The molecule has 6 nitrogen and oxygen atoms in total. The highest BCUT2D eigenvalue weighted by Gasteiger charge is 2.08. The van der Waals surface area contributed by atoms with E-state index >= 15 is 0 Å². The Bertz CT molecular complexity index is 936. The van der Waals surface area contributed by atoms with Gasteiger partial charge in [-0.2, -0.15) is 5.10 Å². The minimum atomic E-state index is -0.159. The summed E-state index contributed by atoms with van der Waals surface area (Å²) in [5, 5.41) is 7.19. The topological polar surface area (TPSA) is 73.4 Å². The highest BCUT2D eigenvalue weighted by molar-refractivity contribution is 6.07. The molecule has 27 heavy (non-hydrogen) atoms. The van der Waals surface area contributed by atoms with Gasteiger partial charge in [0.05, 0.1) is 32.7 Å². The molecule has 0 atom stereocenters. The first-order valence-corrected chi connectivity index (χ1v) is 8.28. The Balaban J connectivity index is 1.76. The van der Waals surface area contributed by atoms with Gasteiger partial charge in [0.2, 0.25) is 0 Å². The summed E-state index contributed by atoms with van der Waals surface area (Å²) < 4.78 is 15.6. The van der Waals surface area contributed by atoms with Crippen molar-refractivity contribution in [2.45, 2.75) is 0 Å². The van der Waals surface area contributed by atoms with Gasteiger partial charge in [-0.25, -0.2) is 0 Å². The molecule has 1 heterocycles. The van der Waals surface area contributed by atoms with Crippen LogP contribution in [-0.4, -0.2) is 37.3 Å². The third kappa shape index (κ3) is 4.36. The van der Waals surface area contributed by atoms with Crippen LogP contribution in [0.5, 0.6) is 17.2 Å². The van der Waals surface area contributed by atoms with Gasteiger partial charge in [-0.05, 0) is 54.6 Å². The summed E-state index contributed by atoms with van der Waals surface area (Å²) in [6.45, 7) is 0. The molecule has 0 bridgehead atoms. The van der Waals surface area contributed by atoms with Crippen molar-refractivity contribution in [2.75, 3.05) is 21.3 Å². The van der Waals surface area contributed by atoms with Gasteiger partial charge >= 0.3 is 0 Å². The van der Waals surface area contributed by atoms with E-state index in [0.29, 0.717) is 17.1 Å². The molecule has 3 rings (SSSR count). The first-order valence-electron chi connectivity index (χ1n) is 8.28. The smallest absolute Gasteiger partial charge is 0.186 e. The molecular formula is C21H20N2O4.